The van der Waals surface area contributed by atoms with Crippen LogP contribution in [0.5, 0.6) is 0 Å². The Kier molecular flexibility index (Phi) is 3.56. The SMILES string of the molecule is CC(C)(CCN1CCn2ccnc2C1)C(N)=NO. The van der Waals surface area contributed by atoms with Crippen LogP contribution in [0.15, 0.2) is 17.5 Å². The predicted molar refractivity (Wildman–Crippen MR) is 69.3 cm³/mol. The van der Waals surface area contributed by atoms with Crippen molar-refractivity contribution in [1.29, 1.82) is 0 Å². The molecule has 0 aliphatic carbocycles. The molecule has 0 saturated carbocycles. The van der Waals surface area contributed by atoms with Gasteiger partial charge in [-0.2, -0.15) is 0 Å². The molecule has 0 saturated heterocycles. The van der Waals surface area contributed by atoms with Crippen LogP contribution in [0.1, 0.15) is 26.1 Å². The Balaban J connectivity index is 1.89. The topological polar surface area (TPSA) is 79.7 Å². The van der Waals surface area contributed by atoms with E-state index < -0.39 is 0 Å². The van der Waals surface area contributed by atoms with Gasteiger partial charge in [-0.3, -0.25) is 4.90 Å². The third-order valence-electron chi connectivity index (χ3n) is 3.68. The molecule has 0 aromatic carbocycles. The highest BCUT2D eigenvalue weighted by Crippen LogP contribution is 2.22. The molecule has 2 heterocycles. The lowest BCUT2D eigenvalue weighted by atomic mass is 9.88. The van der Waals surface area contributed by atoms with Gasteiger partial charge in [-0.1, -0.05) is 19.0 Å². The Labute approximate surface area is 107 Å². The van der Waals surface area contributed by atoms with Crippen molar-refractivity contribution in [1.82, 2.24) is 14.5 Å². The summed E-state index contributed by atoms with van der Waals surface area (Å²) in [5.74, 6) is 1.41. The maximum atomic E-state index is 8.75. The van der Waals surface area contributed by atoms with Gasteiger partial charge in [0.1, 0.15) is 11.7 Å². The second kappa shape index (κ2) is 4.97. The van der Waals surface area contributed by atoms with E-state index in [1.54, 1.807) is 0 Å². The van der Waals surface area contributed by atoms with Gasteiger partial charge in [-0.05, 0) is 13.0 Å². The van der Waals surface area contributed by atoms with Gasteiger partial charge in [0, 0.05) is 30.9 Å². The lowest BCUT2D eigenvalue weighted by Gasteiger charge is -2.31. The number of hydrogen-bond acceptors (Lipinski definition) is 4. The van der Waals surface area contributed by atoms with Crippen molar-refractivity contribution in [2.45, 2.75) is 33.4 Å². The molecule has 100 valence electrons. The van der Waals surface area contributed by atoms with Crippen LogP contribution in [-0.4, -0.2) is 38.6 Å². The molecule has 0 bridgehead atoms. The second-order valence-corrected chi connectivity index (χ2v) is 5.43. The van der Waals surface area contributed by atoms with Crippen molar-refractivity contribution < 1.29 is 5.21 Å². The molecule has 0 amide bonds. The summed E-state index contributed by atoms with van der Waals surface area (Å²) in [6.07, 6.45) is 4.73. The first kappa shape index (κ1) is 12.9. The molecule has 0 radical (unpaired) electrons. The van der Waals surface area contributed by atoms with Crippen LogP contribution in [0.4, 0.5) is 0 Å². The molecule has 6 heteroatoms. The Bertz CT molecular complexity index is 437. The molecule has 3 N–H and O–H groups in total. The lowest BCUT2D eigenvalue weighted by Crippen LogP contribution is -2.39. The number of imidazole rings is 1. The maximum Gasteiger partial charge on any atom is 0.144 e. The van der Waals surface area contributed by atoms with E-state index in [1.807, 2.05) is 26.2 Å². The number of fused-ring (bicyclic) bond motifs is 1. The summed E-state index contributed by atoms with van der Waals surface area (Å²) >= 11 is 0. The smallest absolute Gasteiger partial charge is 0.144 e. The summed E-state index contributed by atoms with van der Waals surface area (Å²) in [7, 11) is 0. The molecule has 18 heavy (non-hydrogen) atoms. The van der Waals surface area contributed by atoms with Gasteiger partial charge < -0.3 is 15.5 Å². The van der Waals surface area contributed by atoms with Gasteiger partial charge in [-0.15, -0.1) is 0 Å². The van der Waals surface area contributed by atoms with Gasteiger partial charge >= 0.3 is 0 Å². The number of nitrogens with zero attached hydrogens (tertiary/aromatic N) is 4. The fourth-order valence-corrected chi connectivity index (χ4v) is 2.12. The third-order valence-corrected chi connectivity index (χ3v) is 3.68. The van der Waals surface area contributed by atoms with Crippen LogP contribution in [0.2, 0.25) is 0 Å². The van der Waals surface area contributed by atoms with E-state index in [0.29, 0.717) is 5.84 Å². The van der Waals surface area contributed by atoms with Gasteiger partial charge in [0.25, 0.3) is 0 Å². The van der Waals surface area contributed by atoms with Gasteiger partial charge in [0.2, 0.25) is 0 Å². The van der Waals surface area contributed by atoms with Crippen LogP contribution in [0, 0.1) is 5.41 Å². The van der Waals surface area contributed by atoms with E-state index >= 15 is 0 Å². The fourth-order valence-electron chi connectivity index (χ4n) is 2.12. The number of oxime groups is 1. The molecule has 0 atom stereocenters. The number of rotatable bonds is 4. The monoisotopic (exact) mass is 251 g/mol. The van der Waals surface area contributed by atoms with E-state index in [9.17, 15) is 0 Å². The number of aromatic nitrogens is 2. The Morgan fingerprint density at radius 3 is 3.06 bits per heavy atom. The largest absolute Gasteiger partial charge is 0.409 e. The third kappa shape index (κ3) is 2.64. The number of hydrogen-bond donors (Lipinski definition) is 2. The molecule has 1 aromatic rings. The van der Waals surface area contributed by atoms with E-state index in [0.717, 1.165) is 38.4 Å². The fraction of sp³-hybridized carbons (Fsp3) is 0.667. The van der Waals surface area contributed by atoms with Crippen LogP contribution < -0.4 is 5.73 Å². The molecule has 1 aromatic heterocycles. The van der Waals surface area contributed by atoms with Crippen molar-refractivity contribution >= 4 is 5.84 Å². The summed E-state index contributed by atoms with van der Waals surface area (Å²) in [5.41, 5.74) is 5.42. The lowest BCUT2D eigenvalue weighted by molar-refractivity contribution is 0.196. The highest BCUT2D eigenvalue weighted by Gasteiger charge is 2.25. The minimum atomic E-state index is -0.276. The van der Waals surface area contributed by atoms with Crippen molar-refractivity contribution in [2.75, 3.05) is 13.1 Å². The van der Waals surface area contributed by atoms with E-state index in [1.165, 1.54) is 0 Å². The normalized spacial score (nSPS) is 17.8. The summed E-state index contributed by atoms with van der Waals surface area (Å²) in [4.78, 5) is 6.69. The molecule has 1 aliphatic heterocycles. The van der Waals surface area contributed by atoms with Crippen LogP contribution in [0.25, 0.3) is 0 Å². The van der Waals surface area contributed by atoms with Crippen molar-refractivity contribution in [3.63, 3.8) is 0 Å². The first-order chi connectivity index (χ1) is 8.53. The highest BCUT2D eigenvalue weighted by atomic mass is 16.4. The molecule has 2 rings (SSSR count). The van der Waals surface area contributed by atoms with E-state index in [-0.39, 0.29) is 5.41 Å². The van der Waals surface area contributed by atoms with Crippen molar-refractivity contribution in [2.24, 2.45) is 16.3 Å². The first-order valence-corrected chi connectivity index (χ1v) is 6.23. The number of nitrogens with two attached hydrogens (primary N) is 1. The summed E-state index contributed by atoms with van der Waals surface area (Å²) in [5, 5.41) is 11.9. The minimum Gasteiger partial charge on any atom is -0.409 e. The highest BCUT2D eigenvalue weighted by molar-refractivity contribution is 5.85. The zero-order valence-corrected chi connectivity index (χ0v) is 11.0. The molecule has 0 spiro atoms. The first-order valence-electron chi connectivity index (χ1n) is 6.23. The Hall–Kier alpha value is -1.56. The summed E-state index contributed by atoms with van der Waals surface area (Å²) in [6.45, 7) is 7.80. The summed E-state index contributed by atoms with van der Waals surface area (Å²) in [6, 6.07) is 0. The zero-order chi connectivity index (χ0) is 13.2. The van der Waals surface area contributed by atoms with Crippen molar-refractivity contribution in [3.05, 3.63) is 18.2 Å². The van der Waals surface area contributed by atoms with Crippen molar-refractivity contribution in [3.8, 4) is 0 Å². The van der Waals surface area contributed by atoms with E-state index in [2.05, 4.69) is 19.6 Å². The van der Waals surface area contributed by atoms with Gasteiger partial charge in [-0.25, -0.2) is 4.98 Å². The Morgan fingerprint density at radius 1 is 1.56 bits per heavy atom. The summed E-state index contributed by atoms with van der Waals surface area (Å²) < 4.78 is 2.19. The molecule has 6 nitrogen and oxygen atoms in total. The number of amidine groups is 1. The molecule has 0 unspecified atom stereocenters. The maximum absolute atomic E-state index is 8.75. The average molecular weight is 251 g/mol. The minimum absolute atomic E-state index is 0.276. The van der Waals surface area contributed by atoms with E-state index in [4.69, 9.17) is 10.9 Å². The standard InChI is InChI=1S/C12H21N5O/c1-12(2,11(13)15-18)3-5-16-7-8-17-6-4-14-10(17)9-16/h4,6,18H,3,5,7-9H2,1-2H3,(H2,13,15). The quantitative estimate of drug-likeness (QED) is 0.360. The second-order valence-electron chi connectivity index (χ2n) is 5.43. The Morgan fingerprint density at radius 2 is 2.33 bits per heavy atom. The van der Waals surface area contributed by atoms with Crippen LogP contribution in [-0.2, 0) is 13.1 Å². The average Bonchev–Trinajstić information content (AvgIpc) is 2.82. The molecule has 1 aliphatic rings. The van der Waals surface area contributed by atoms with Crippen LogP contribution in [0.3, 0.4) is 0 Å². The van der Waals surface area contributed by atoms with Gasteiger partial charge in [0.05, 0.1) is 6.54 Å². The zero-order valence-electron chi connectivity index (χ0n) is 11.0. The predicted octanol–water partition coefficient (Wildman–Crippen LogP) is 0.861. The van der Waals surface area contributed by atoms with Crippen LogP contribution >= 0.6 is 0 Å². The molecular formula is C12H21N5O. The molecular weight excluding hydrogens is 230 g/mol. The molecule has 0 fully saturated rings. The van der Waals surface area contributed by atoms with Gasteiger partial charge in [0.15, 0.2) is 0 Å².